The van der Waals surface area contributed by atoms with Crippen molar-refractivity contribution in [3.63, 3.8) is 0 Å². The highest BCUT2D eigenvalue weighted by Crippen LogP contribution is 2.09. The van der Waals surface area contributed by atoms with Gasteiger partial charge in [-0.25, -0.2) is 4.57 Å². The monoisotopic (exact) mass is 221 g/mol. The van der Waals surface area contributed by atoms with Crippen molar-refractivity contribution in [2.45, 2.75) is 11.4 Å². The molecule has 0 saturated heterocycles. The Hall–Kier alpha value is 0.140. The molecule has 0 aliphatic rings. The van der Waals surface area contributed by atoms with Crippen LogP contribution in [0.15, 0.2) is 29.4 Å². The fraction of sp³-hybridized carbons (Fsp3) is 0.375. The summed E-state index contributed by atoms with van der Waals surface area (Å²) in [4.78, 5) is 1.30. The predicted molar refractivity (Wildman–Crippen MR) is 52.3 cm³/mol. The number of aryl methyl sites for hydroxylation is 1. The maximum atomic E-state index is 4.17. The summed E-state index contributed by atoms with van der Waals surface area (Å²) in [6, 6.07) is 4.18. The lowest BCUT2D eigenvalue weighted by Gasteiger charge is -1.94. The van der Waals surface area contributed by atoms with Crippen molar-refractivity contribution in [1.29, 1.82) is 0 Å². The Labute approximate surface area is 89.4 Å². The minimum absolute atomic E-state index is 0. The van der Waals surface area contributed by atoms with Gasteiger partial charge in [-0.15, -0.1) is 11.8 Å². The summed E-state index contributed by atoms with van der Waals surface area (Å²) in [5, 5.41) is 0. The lowest BCUT2D eigenvalue weighted by Crippen LogP contribution is -3.00. The largest absolute Gasteiger partial charge is 1.00 e. The van der Waals surface area contributed by atoms with Crippen LogP contribution in [0.3, 0.4) is 0 Å². The number of rotatable bonds is 3. The molecule has 0 atom stereocenters. The van der Waals surface area contributed by atoms with Gasteiger partial charge in [-0.3, -0.25) is 0 Å². The SMILES string of the molecule is CSc1ccc[n+](CCS)c1.[Cl-]. The number of halogens is 1. The lowest BCUT2D eigenvalue weighted by atomic mass is 10.5. The molecule has 1 rings (SSSR count). The zero-order valence-electron chi connectivity index (χ0n) is 6.90. The molecule has 4 heteroatoms. The quantitative estimate of drug-likeness (QED) is 0.375. The van der Waals surface area contributed by atoms with Crippen molar-refractivity contribution in [1.82, 2.24) is 0 Å². The van der Waals surface area contributed by atoms with Crippen molar-refractivity contribution in [2.75, 3.05) is 12.0 Å². The molecule has 0 unspecified atom stereocenters. The Bertz CT molecular complexity index is 230. The number of thioether (sulfide) groups is 1. The molecule has 0 N–H and O–H groups in total. The average Bonchev–Trinajstić information content (AvgIpc) is 2.06. The molecule has 1 heterocycles. The van der Waals surface area contributed by atoms with Crippen LogP contribution in [0.5, 0.6) is 0 Å². The number of thiol groups is 1. The fourth-order valence-corrected chi connectivity index (χ4v) is 1.56. The van der Waals surface area contributed by atoms with E-state index in [1.54, 1.807) is 11.8 Å². The first kappa shape index (κ1) is 12.1. The van der Waals surface area contributed by atoms with Gasteiger partial charge in [-0.2, -0.15) is 12.6 Å². The van der Waals surface area contributed by atoms with Crippen LogP contribution in [0.25, 0.3) is 0 Å². The molecule has 0 spiro atoms. The second kappa shape index (κ2) is 6.63. The van der Waals surface area contributed by atoms with Crippen molar-refractivity contribution < 1.29 is 17.0 Å². The summed E-state index contributed by atoms with van der Waals surface area (Å²) in [6.45, 7) is 0.984. The molecule has 12 heavy (non-hydrogen) atoms. The first-order chi connectivity index (χ1) is 5.36. The number of pyridine rings is 1. The normalized spacial score (nSPS) is 9.17. The number of aromatic nitrogens is 1. The molecule has 1 aromatic heterocycles. The highest BCUT2D eigenvalue weighted by molar-refractivity contribution is 7.98. The fourth-order valence-electron chi connectivity index (χ4n) is 0.873. The minimum Gasteiger partial charge on any atom is -1.00 e. The Balaban J connectivity index is 0.00000121. The van der Waals surface area contributed by atoms with Crippen LogP contribution >= 0.6 is 24.4 Å². The van der Waals surface area contributed by atoms with E-state index in [9.17, 15) is 0 Å². The molecule has 0 bridgehead atoms. The third-order valence-electron chi connectivity index (χ3n) is 1.42. The van der Waals surface area contributed by atoms with Crippen LogP contribution in [0.1, 0.15) is 0 Å². The van der Waals surface area contributed by atoms with E-state index in [1.807, 2.05) is 0 Å². The minimum atomic E-state index is 0. The summed E-state index contributed by atoms with van der Waals surface area (Å²) in [7, 11) is 0. The van der Waals surface area contributed by atoms with Gasteiger partial charge in [0, 0.05) is 11.8 Å². The summed E-state index contributed by atoms with van der Waals surface area (Å²) in [6.07, 6.45) is 6.29. The molecule has 0 radical (unpaired) electrons. The number of hydrogen-bond donors (Lipinski definition) is 1. The van der Waals surface area contributed by atoms with Crippen LogP contribution < -0.4 is 17.0 Å². The summed E-state index contributed by atoms with van der Waals surface area (Å²) >= 11 is 5.93. The van der Waals surface area contributed by atoms with Gasteiger partial charge >= 0.3 is 0 Å². The third-order valence-corrected chi connectivity index (χ3v) is 2.34. The first-order valence-electron chi connectivity index (χ1n) is 3.51. The maximum absolute atomic E-state index is 4.17. The third kappa shape index (κ3) is 3.70. The van der Waals surface area contributed by atoms with Gasteiger partial charge in [0.05, 0.1) is 4.90 Å². The molecule has 0 aromatic carbocycles. The van der Waals surface area contributed by atoms with E-state index in [0.717, 1.165) is 12.3 Å². The van der Waals surface area contributed by atoms with Crippen LogP contribution in [-0.4, -0.2) is 12.0 Å². The van der Waals surface area contributed by atoms with Crippen molar-refractivity contribution >= 4 is 24.4 Å². The zero-order chi connectivity index (χ0) is 8.10. The summed E-state index contributed by atoms with van der Waals surface area (Å²) in [5.74, 6) is 0.891. The number of nitrogens with zero attached hydrogens (tertiary/aromatic N) is 1. The molecular weight excluding hydrogens is 210 g/mol. The van der Waals surface area contributed by atoms with Crippen molar-refractivity contribution in [3.8, 4) is 0 Å². The van der Waals surface area contributed by atoms with Gasteiger partial charge in [-0.05, 0) is 12.3 Å². The van der Waals surface area contributed by atoms with Gasteiger partial charge < -0.3 is 12.4 Å². The Morgan fingerprint density at radius 1 is 1.58 bits per heavy atom. The first-order valence-corrected chi connectivity index (χ1v) is 5.36. The van der Waals surface area contributed by atoms with Crippen LogP contribution in [-0.2, 0) is 6.54 Å². The van der Waals surface area contributed by atoms with Crippen LogP contribution in [0.2, 0.25) is 0 Å². The standard InChI is InChI=1S/C8H11NS2.ClH/c1-11-8-3-2-4-9(7-8)5-6-10;/h2-4,7H,5-6H2,1H3;1H. The van der Waals surface area contributed by atoms with Gasteiger partial charge in [0.1, 0.15) is 0 Å². The molecule has 0 aliphatic carbocycles. The van der Waals surface area contributed by atoms with Crippen LogP contribution in [0.4, 0.5) is 0 Å². The molecular formula is C8H12ClNS2. The van der Waals surface area contributed by atoms with E-state index >= 15 is 0 Å². The van der Waals surface area contributed by atoms with Gasteiger partial charge in [0.25, 0.3) is 0 Å². The predicted octanol–water partition coefficient (Wildman–Crippen LogP) is -1.37. The highest BCUT2D eigenvalue weighted by atomic mass is 35.5. The van der Waals surface area contributed by atoms with E-state index in [0.29, 0.717) is 0 Å². The van der Waals surface area contributed by atoms with Crippen LogP contribution in [0, 0.1) is 0 Å². The molecule has 1 nitrogen and oxygen atoms in total. The second-order valence-electron chi connectivity index (χ2n) is 2.21. The zero-order valence-corrected chi connectivity index (χ0v) is 9.37. The van der Waals surface area contributed by atoms with Gasteiger partial charge in [-0.1, -0.05) is 0 Å². The lowest BCUT2D eigenvalue weighted by molar-refractivity contribution is -0.694. The molecule has 1 aromatic rings. The van der Waals surface area contributed by atoms with Crippen molar-refractivity contribution in [2.24, 2.45) is 0 Å². The van der Waals surface area contributed by atoms with E-state index in [1.165, 1.54) is 4.90 Å². The summed E-state index contributed by atoms with van der Waals surface area (Å²) < 4.78 is 2.15. The van der Waals surface area contributed by atoms with Gasteiger partial charge in [0.2, 0.25) is 0 Å². The topological polar surface area (TPSA) is 3.88 Å². The molecule has 0 amide bonds. The Morgan fingerprint density at radius 2 is 2.33 bits per heavy atom. The van der Waals surface area contributed by atoms with Crippen molar-refractivity contribution in [3.05, 3.63) is 24.5 Å². The molecule has 0 aliphatic heterocycles. The maximum Gasteiger partial charge on any atom is 0.182 e. The van der Waals surface area contributed by atoms with E-state index in [-0.39, 0.29) is 12.4 Å². The van der Waals surface area contributed by atoms with E-state index in [2.05, 4.69) is 48.0 Å². The molecule has 0 fully saturated rings. The Kier molecular flexibility index (Phi) is 6.71. The smallest absolute Gasteiger partial charge is 0.182 e. The highest BCUT2D eigenvalue weighted by Gasteiger charge is 1.98. The summed E-state index contributed by atoms with van der Waals surface area (Å²) in [5.41, 5.74) is 0. The van der Waals surface area contributed by atoms with Gasteiger partial charge in [0.15, 0.2) is 18.9 Å². The molecule has 68 valence electrons. The Morgan fingerprint density at radius 3 is 2.92 bits per heavy atom. The number of hydrogen-bond acceptors (Lipinski definition) is 2. The van der Waals surface area contributed by atoms with E-state index < -0.39 is 0 Å². The molecule has 0 saturated carbocycles. The second-order valence-corrected chi connectivity index (χ2v) is 3.53. The average molecular weight is 222 g/mol. The van der Waals surface area contributed by atoms with E-state index in [4.69, 9.17) is 0 Å².